The molecule has 2 N–H and O–H groups in total. The average molecular weight is 523 g/mol. The molecule has 7 nitrogen and oxygen atoms in total. The topological polar surface area (TPSA) is 93.7 Å². The third-order valence-electron chi connectivity index (χ3n) is 4.57. The van der Waals surface area contributed by atoms with Crippen molar-refractivity contribution in [1.29, 1.82) is 0 Å². The molecule has 0 saturated heterocycles. The zero-order chi connectivity index (χ0) is 24.3. The van der Waals surface area contributed by atoms with Crippen molar-refractivity contribution in [3.63, 3.8) is 0 Å². The minimum atomic E-state index is -0.804. The van der Waals surface area contributed by atoms with Gasteiger partial charge < -0.3 is 20.1 Å². The molecular formula is C26H23BrN2O5. The van der Waals surface area contributed by atoms with Crippen molar-refractivity contribution in [2.24, 2.45) is 0 Å². The van der Waals surface area contributed by atoms with Crippen molar-refractivity contribution in [3.8, 4) is 5.75 Å². The van der Waals surface area contributed by atoms with E-state index in [1.165, 1.54) is 18.2 Å². The Kier molecular flexibility index (Phi) is 8.99. The normalized spacial score (nSPS) is 10.5. The van der Waals surface area contributed by atoms with Gasteiger partial charge in [-0.25, -0.2) is 4.79 Å². The first-order chi connectivity index (χ1) is 16.4. The maximum absolute atomic E-state index is 12.7. The van der Waals surface area contributed by atoms with Gasteiger partial charge in [-0.3, -0.25) is 9.59 Å². The van der Waals surface area contributed by atoms with E-state index in [4.69, 9.17) is 9.47 Å². The van der Waals surface area contributed by atoms with Crippen LogP contribution in [0.5, 0.6) is 5.75 Å². The molecule has 2 amide bonds. The summed E-state index contributed by atoms with van der Waals surface area (Å²) in [5, 5.41) is 5.67. The molecule has 0 unspecified atom stereocenters. The van der Waals surface area contributed by atoms with Crippen LogP contribution in [0.15, 0.2) is 83.3 Å². The monoisotopic (exact) mass is 522 g/mol. The van der Waals surface area contributed by atoms with Gasteiger partial charge in [-0.1, -0.05) is 46.3 Å². The Morgan fingerprint density at radius 1 is 0.971 bits per heavy atom. The SMILES string of the molecule is CCOC(=O)Oc1ccc(C(=O)Nc2ccccc2CNC(=O)/C=C/c2cccc(Br)c2)cc1. The number of para-hydroxylation sites is 1. The second-order valence-electron chi connectivity index (χ2n) is 7.03. The summed E-state index contributed by atoms with van der Waals surface area (Å²) in [6.45, 7) is 2.13. The third-order valence-corrected chi connectivity index (χ3v) is 5.07. The number of hydrogen-bond acceptors (Lipinski definition) is 5. The number of carbonyl (C=O) groups excluding carboxylic acids is 3. The molecule has 0 aromatic heterocycles. The molecule has 3 aromatic rings. The molecule has 174 valence electrons. The van der Waals surface area contributed by atoms with Crippen LogP contribution in [-0.4, -0.2) is 24.6 Å². The van der Waals surface area contributed by atoms with Crippen LogP contribution in [0.1, 0.15) is 28.4 Å². The van der Waals surface area contributed by atoms with Gasteiger partial charge in [-0.2, -0.15) is 0 Å². The van der Waals surface area contributed by atoms with Crippen LogP contribution >= 0.6 is 15.9 Å². The quantitative estimate of drug-likeness (QED) is 0.229. The van der Waals surface area contributed by atoms with E-state index in [-0.39, 0.29) is 30.7 Å². The second kappa shape index (κ2) is 12.4. The highest BCUT2D eigenvalue weighted by atomic mass is 79.9. The predicted octanol–water partition coefficient (Wildman–Crippen LogP) is 5.57. The molecule has 3 aromatic carbocycles. The lowest BCUT2D eigenvalue weighted by molar-refractivity contribution is -0.116. The number of hydrogen-bond donors (Lipinski definition) is 2. The number of rotatable bonds is 8. The van der Waals surface area contributed by atoms with Gasteiger partial charge in [-0.15, -0.1) is 0 Å². The fraction of sp³-hybridized carbons (Fsp3) is 0.115. The molecule has 3 rings (SSSR count). The lowest BCUT2D eigenvalue weighted by atomic mass is 10.1. The van der Waals surface area contributed by atoms with E-state index in [1.807, 2.05) is 36.4 Å². The van der Waals surface area contributed by atoms with Crippen molar-refractivity contribution in [3.05, 3.63) is 100 Å². The molecular weight excluding hydrogens is 500 g/mol. The third kappa shape index (κ3) is 7.60. The Morgan fingerprint density at radius 3 is 2.47 bits per heavy atom. The maximum atomic E-state index is 12.7. The van der Waals surface area contributed by atoms with Gasteiger partial charge in [0.15, 0.2) is 0 Å². The molecule has 0 aliphatic rings. The molecule has 0 aliphatic carbocycles. The highest BCUT2D eigenvalue weighted by Gasteiger charge is 2.11. The lowest BCUT2D eigenvalue weighted by Crippen LogP contribution is -2.22. The van der Waals surface area contributed by atoms with Gasteiger partial charge >= 0.3 is 6.16 Å². The van der Waals surface area contributed by atoms with Crippen LogP contribution in [0.25, 0.3) is 6.08 Å². The predicted molar refractivity (Wildman–Crippen MR) is 134 cm³/mol. The Labute approximate surface area is 205 Å². The molecule has 0 bridgehead atoms. The smallest absolute Gasteiger partial charge is 0.434 e. The van der Waals surface area contributed by atoms with Gasteiger partial charge in [0.2, 0.25) is 5.91 Å². The van der Waals surface area contributed by atoms with Crippen LogP contribution in [-0.2, 0) is 16.1 Å². The average Bonchev–Trinajstić information content (AvgIpc) is 2.83. The molecule has 0 aliphatic heterocycles. The van der Waals surface area contributed by atoms with Crippen LogP contribution < -0.4 is 15.4 Å². The summed E-state index contributed by atoms with van der Waals surface area (Å²) in [5.74, 6) is -0.316. The fourth-order valence-electron chi connectivity index (χ4n) is 2.93. The second-order valence-corrected chi connectivity index (χ2v) is 7.94. The van der Waals surface area contributed by atoms with Crippen LogP contribution in [0.3, 0.4) is 0 Å². The summed E-state index contributed by atoms with van der Waals surface area (Å²) in [6.07, 6.45) is 2.38. The molecule has 0 spiro atoms. The van der Waals surface area contributed by atoms with E-state index in [1.54, 1.807) is 37.3 Å². The van der Waals surface area contributed by atoms with Gasteiger partial charge in [0.05, 0.1) is 6.61 Å². The van der Waals surface area contributed by atoms with Crippen LogP contribution in [0.4, 0.5) is 10.5 Å². The van der Waals surface area contributed by atoms with Crippen molar-refractivity contribution in [2.45, 2.75) is 13.5 Å². The Balaban J connectivity index is 1.58. The molecule has 0 fully saturated rings. The highest BCUT2D eigenvalue weighted by Crippen LogP contribution is 2.18. The number of halogens is 1. The van der Waals surface area contributed by atoms with Crippen LogP contribution in [0, 0.1) is 0 Å². The van der Waals surface area contributed by atoms with Crippen molar-refractivity contribution >= 4 is 45.7 Å². The first-order valence-electron chi connectivity index (χ1n) is 10.5. The summed E-state index contributed by atoms with van der Waals surface area (Å²) in [7, 11) is 0. The molecule has 0 radical (unpaired) electrons. The summed E-state index contributed by atoms with van der Waals surface area (Å²) in [5.41, 5.74) is 2.61. The number of anilines is 1. The van der Waals surface area contributed by atoms with E-state index >= 15 is 0 Å². The maximum Gasteiger partial charge on any atom is 0.513 e. The van der Waals surface area contributed by atoms with Crippen molar-refractivity contribution in [1.82, 2.24) is 5.32 Å². The number of benzene rings is 3. The van der Waals surface area contributed by atoms with E-state index < -0.39 is 6.16 Å². The van der Waals surface area contributed by atoms with Gasteiger partial charge in [0.1, 0.15) is 5.75 Å². The Morgan fingerprint density at radius 2 is 1.74 bits per heavy atom. The minimum absolute atomic E-state index is 0.209. The molecule has 0 atom stereocenters. The van der Waals surface area contributed by atoms with E-state index in [0.29, 0.717) is 11.3 Å². The zero-order valence-corrected chi connectivity index (χ0v) is 20.0. The van der Waals surface area contributed by atoms with E-state index in [2.05, 4.69) is 26.6 Å². The standard InChI is InChI=1S/C26H23BrN2O5/c1-2-33-26(32)34-22-13-11-19(12-14-22)25(31)29-23-9-4-3-7-20(23)17-28-24(30)15-10-18-6-5-8-21(27)16-18/h3-16H,2,17H2,1H3,(H,28,30)(H,29,31)/b15-10+. The molecule has 0 saturated carbocycles. The van der Waals surface area contributed by atoms with Crippen molar-refractivity contribution in [2.75, 3.05) is 11.9 Å². The summed E-state index contributed by atoms with van der Waals surface area (Å²) in [6, 6.07) is 20.9. The van der Waals surface area contributed by atoms with Crippen LogP contribution in [0.2, 0.25) is 0 Å². The number of carbonyl (C=O) groups is 3. The number of ether oxygens (including phenoxy) is 2. The summed E-state index contributed by atoms with van der Waals surface area (Å²) >= 11 is 3.40. The highest BCUT2D eigenvalue weighted by molar-refractivity contribution is 9.10. The fourth-order valence-corrected chi connectivity index (χ4v) is 3.35. The molecule has 34 heavy (non-hydrogen) atoms. The summed E-state index contributed by atoms with van der Waals surface area (Å²) < 4.78 is 10.6. The summed E-state index contributed by atoms with van der Waals surface area (Å²) in [4.78, 5) is 36.3. The Hall–Kier alpha value is -3.91. The van der Waals surface area contributed by atoms with Gasteiger partial charge in [-0.05, 0) is 66.6 Å². The van der Waals surface area contributed by atoms with E-state index in [9.17, 15) is 14.4 Å². The molecule has 0 heterocycles. The zero-order valence-electron chi connectivity index (χ0n) is 18.4. The largest absolute Gasteiger partial charge is 0.513 e. The van der Waals surface area contributed by atoms with Gasteiger partial charge in [0, 0.05) is 28.3 Å². The molecule has 8 heteroatoms. The van der Waals surface area contributed by atoms with Crippen molar-refractivity contribution < 1.29 is 23.9 Å². The first-order valence-corrected chi connectivity index (χ1v) is 11.3. The number of amides is 2. The number of nitrogens with one attached hydrogen (secondary N) is 2. The first kappa shape index (κ1) is 24.7. The minimum Gasteiger partial charge on any atom is -0.434 e. The van der Waals surface area contributed by atoms with E-state index in [0.717, 1.165) is 15.6 Å². The Bertz CT molecular complexity index is 1190. The lowest BCUT2D eigenvalue weighted by Gasteiger charge is -2.12. The van der Waals surface area contributed by atoms with Gasteiger partial charge in [0.25, 0.3) is 5.91 Å².